The zero-order valence-electron chi connectivity index (χ0n) is 14.5. The van der Waals surface area contributed by atoms with Crippen molar-refractivity contribution in [2.24, 2.45) is 0 Å². The van der Waals surface area contributed by atoms with Crippen LogP contribution in [0.25, 0.3) is 0 Å². The summed E-state index contributed by atoms with van der Waals surface area (Å²) in [6.45, 7) is -0.0687. The third-order valence-electron chi connectivity index (χ3n) is 3.91. The van der Waals surface area contributed by atoms with Crippen LogP contribution in [-0.2, 0) is 4.79 Å². The molecule has 1 unspecified atom stereocenters. The number of rotatable bonds is 7. The van der Waals surface area contributed by atoms with Crippen molar-refractivity contribution in [3.05, 3.63) is 90.3 Å². The van der Waals surface area contributed by atoms with E-state index in [4.69, 9.17) is 9.47 Å². The van der Waals surface area contributed by atoms with E-state index < -0.39 is 0 Å². The van der Waals surface area contributed by atoms with Gasteiger partial charge in [0.15, 0.2) is 6.61 Å². The van der Waals surface area contributed by atoms with E-state index in [1.807, 2.05) is 42.5 Å². The number of hydrogen-bond donors (Lipinski definition) is 1. The number of ether oxygens (including phenoxy) is 2. The zero-order valence-corrected chi connectivity index (χ0v) is 14.5. The van der Waals surface area contributed by atoms with Gasteiger partial charge in [-0.1, -0.05) is 30.3 Å². The molecular formula is C21H20N2O3. The molecule has 0 saturated heterocycles. The predicted molar refractivity (Wildman–Crippen MR) is 99.2 cm³/mol. The summed E-state index contributed by atoms with van der Waals surface area (Å²) >= 11 is 0. The van der Waals surface area contributed by atoms with E-state index in [2.05, 4.69) is 10.3 Å². The van der Waals surface area contributed by atoms with Gasteiger partial charge in [0.2, 0.25) is 0 Å². The number of methoxy groups -OCH3 is 1. The van der Waals surface area contributed by atoms with Gasteiger partial charge < -0.3 is 14.8 Å². The van der Waals surface area contributed by atoms with E-state index in [1.165, 1.54) is 0 Å². The molecule has 0 radical (unpaired) electrons. The minimum absolute atomic E-state index is 0.0687. The van der Waals surface area contributed by atoms with Crippen molar-refractivity contribution in [2.75, 3.05) is 13.7 Å². The molecule has 1 heterocycles. The molecule has 1 amide bonds. The largest absolute Gasteiger partial charge is 0.497 e. The van der Waals surface area contributed by atoms with E-state index in [0.717, 1.165) is 16.9 Å². The fourth-order valence-electron chi connectivity index (χ4n) is 2.58. The number of amides is 1. The highest BCUT2D eigenvalue weighted by atomic mass is 16.5. The summed E-state index contributed by atoms with van der Waals surface area (Å²) in [7, 11) is 1.60. The molecule has 0 aliphatic carbocycles. The van der Waals surface area contributed by atoms with Crippen LogP contribution >= 0.6 is 0 Å². The van der Waals surface area contributed by atoms with Gasteiger partial charge in [-0.2, -0.15) is 0 Å². The van der Waals surface area contributed by atoms with Crippen LogP contribution in [0.3, 0.4) is 0 Å². The Balaban J connectivity index is 1.67. The maximum absolute atomic E-state index is 12.4. The summed E-state index contributed by atoms with van der Waals surface area (Å²) < 4.78 is 10.7. The number of nitrogens with zero attached hydrogens (tertiary/aromatic N) is 1. The number of carbonyl (C=O) groups excluding carboxylic acids is 1. The van der Waals surface area contributed by atoms with Crippen molar-refractivity contribution < 1.29 is 14.3 Å². The van der Waals surface area contributed by atoms with Crippen LogP contribution in [0.5, 0.6) is 11.5 Å². The van der Waals surface area contributed by atoms with Crippen molar-refractivity contribution in [3.8, 4) is 11.5 Å². The number of benzene rings is 2. The molecule has 0 aliphatic heterocycles. The molecule has 5 nitrogen and oxygen atoms in total. The lowest BCUT2D eigenvalue weighted by Gasteiger charge is -2.20. The Bertz CT molecular complexity index is 781. The molecule has 0 bridgehead atoms. The van der Waals surface area contributed by atoms with Crippen LogP contribution in [0.15, 0.2) is 79.1 Å². The fraction of sp³-hybridized carbons (Fsp3) is 0.143. The van der Waals surface area contributed by atoms with Crippen LogP contribution in [0.4, 0.5) is 0 Å². The first-order valence-electron chi connectivity index (χ1n) is 8.27. The summed E-state index contributed by atoms with van der Waals surface area (Å²) in [5.74, 6) is 1.15. The van der Waals surface area contributed by atoms with Crippen LogP contribution in [0.1, 0.15) is 17.2 Å². The predicted octanol–water partition coefficient (Wildman–Crippen LogP) is 3.37. The van der Waals surface area contributed by atoms with Gasteiger partial charge in [-0.15, -0.1) is 0 Å². The number of aromatic nitrogens is 1. The van der Waals surface area contributed by atoms with Gasteiger partial charge >= 0.3 is 0 Å². The molecular weight excluding hydrogens is 328 g/mol. The highest BCUT2D eigenvalue weighted by molar-refractivity contribution is 5.78. The van der Waals surface area contributed by atoms with Gasteiger partial charge in [0, 0.05) is 12.4 Å². The Kier molecular flexibility index (Phi) is 5.83. The first kappa shape index (κ1) is 17.5. The number of pyridine rings is 1. The van der Waals surface area contributed by atoms with E-state index in [9.17, 15) is 4.79 Å². The molecule has 132 valence electrons. The SMILES string of the molecule is COc1ccc(OCC(=O)NC(c2ccccc2)c2ccncc2)cc1. The second-order valence-corrected chi connectivity index (χ2v) is 5.66. The van der Waals surface area contributed by atoms with Crippen molar-refractivity contribution in [3.63, 3.8) is 0 Å². The quantitative estimate of drug-likeness (QED) is 0.711. The summed E-state index contributed by atoms with van der Waals surface area (Å²) in [6.07, 6.45) is 3.43. The lowest BCUT2D eigenvalue weighted by atomic mass is 10.00. The van der Waals surface area contributed by atoms with Crippen LogP contribution < -0.4 is 14.8 Å². The molecule has 1 atom stereocenters. The zero-order chi connectivity index (χ0) is 18.2. The maximum atomic E-state index is 12.4. The molecule has 2 aromatic carbocycles. The summed E-state index contributed by atoms with van der Waals surface area (Å²) in [4.78, 5) is 16.5. The molecule has 0 spiro atoms. The minimum Gasteiger partial charge on any atom is -0.497 e. The van der Waals surface area contributed by atoms with E-state index in [1.54, 1.807) is 43.8 Å². The molecule has 0 fully saturated rings. The second-order valence-electron chi connectivity index (χ2n) is 5.66. The standard InChI is InChI=1S/C21H20N2O3/c1-25-18-7-9-19(10-8-18)26-15-20(24)23-21(16-5-3-2-4-6-16)17-11-13-22-14-12-17/h2-14,21H,15H2,1H3,(H,23,24). The van der Waals surface area contributed by atoms with Gasteiger partial charge in [-0.05, 0) is 47.5 Å². The van der Waals surface area contributed by atoms with Gasteiger partial charge in [0.1, 0.15) is 11.5 Å². The number of hydrogen-bond acceptors (Lipinski definition) is 4. The molecule has 0 saturated carbocycles. The van der Waals surface area contributed by atoms with E-state index >= 15 is 0 Å². The Hall–Kier alpha value is -3.34. The highest BCUT2D eigenvalue weighted by Gasteiger charge is 2.17. The average Bonchev–Trinajstić information content (AvgIpc) is 2.72. The van der Waals surface area contributed by atoms with E-state index in [-0.39, 0.29) is 18.6 Å². The molecule has 3 aromatic rings. The smallest absolute Gasteiger partial charge is 0.258 e. The van der Waals surface area contributed by atoms with Gasteiger partial charge in [-0.3, -0.25) is 9.78 Å². The molecule has 3 rings (SSSR count). The maximum Gasteiger partial charge on any atom is 0.258 e. The van der Waals surface area contributed by atoms with Crippen LogP contribution in [0, 0.1) is 0 Å². The average molecular weight is 348 g/mol. The van der Waals surface area contributed by atoms with Crippen molar-refractivity contribution in [1.29, 1.82) is 0 Å². The number of carbonyl (C=O) groups is 1. The minimum atomic E-state index is -0.258. The molecule has 1 aromatic heterocycles. The Morgan fingerprint density at radius 2 is 1.54 bits per heavy atom. The Morgan fingerprint density at radius 3 is 2.19 bits per heavy atom. The Morgan fingerprint density at radius 1 is 0.923 bits per heavy atom. The first-order chi connectivity index (χ1) is 12.8. The third-order valence-corrected chi connectivity index (χ3v) is 3.91. The lowest BCUT2D eigenvalue weighted by Crippen LogP contribution is -2.33. The molecule has 1 N–H and O–H groups in total. The van der Waals surface area contributed by atoms with Gasteiger partial charge in [0.25, 0.3) is 5.91 Å². The highest BCUT2D eigenvalue weighted by Crippen LogP contribution is 2.21. The molecule has 0 aliphatic rings. The summed E-state index contributed by atoms with van der Waals surface area (Å²) in [5, 5.41) is 3.03. The second kappa shape index (κ2) is 8.67. The van der Waals surface area contributed by atoms with Gasteiger partial charge in [0.05, 0.1) is 13.2 Å². The fourth-order valence-corrected chi connectivity index (χ4v) is 2.58. The Labute approximate surface area is 152 Å². The summed E-state index contributed by atoms with van der Waals surface area (Å²) in [6, 6.07) is 20.4. The third kappa shape index (κ3) is 4.60. The topological polar surface area (TPSA) is 60.5 Å². The van der Waals surface area contributed by atoms with Crippen molar-refractivity contribution in [2.45, 2.75) is 6.04 Å². The number of nitrogens with one attached hydrogen (secondary N) is 1. The van der Waals surface area contributed by atoms with Crippen LogP contribution in [-0.4, -0.2) is 24.6 Å². The summed E-state index contributed by atoms with van der Waals surface area (Å²) in [5.41, 5.74) is 1.96. The van der Waals surface area contributed by atoms with E-state index in [0.29, 0.717) is 5.75 Å². The van der Waals surface area contributed by atoms with Crippen molar-refractivity contribution >= 4 is 5.91 Å². The van der Waals surface area contributed by atoms with Crippen molar-refractivity contribution in [1.82, 2.24) is 10.3 Å². The van der Waals surface area contributed by atoms with Crippen LogP contribution in [0.2, 0.25) is 0 Å². The lowest BCUT2D eigenvalue weighted by molar-refractivity contribution is -0.123. The molecule has 26 heavy (non-hydrogen) atoms. The normalized spacial score (nSPS) is 11.4. The molecule has 5 heteroatoms. The van der Waals surface area contributed by atoms with Gasteiger partial charge in [-0.25, -0.2) is 0 Å². The monoisotopic (exact) mass is 348 g/mol. The first-order valence-corrected chi connectivity index (χ1v) is 8.27.